The number of nitrogens with zero attached hydrogens (tertiary/aromatic N) is 3. The molecule has 0 aromatic heterocycles. The van der Waals surface area contributed by atoms with E-state index in [-0.39, 0.29) is 36.4 Å². The summed E-state index contributed by atoms with van der Waals surface area (Å²) < 4.78 is 26.8. The van der Waals surface area contributed by atoms with Crippen LogP contribution in [0.15, 0.2) is 66.7 Å². The molecule has 2 aliphatic rings. The van der Waals surface area contributed by atoms with Crippen LogP contribution in [0.2, 0.25) is 0 Å². The third-order valence-corrected chi connectivity index (χ3v) is 13.0. The van der Waals surface area contributed by atoms with E-state index in [1.165, 1.54) is 5.56 Å². The molecule has 13 nitrogen and oxygen atoms in total. The second-order valence-corrected chi connectivity index (χ2v) is 17.3. The van der Waals surface area contributed by atoms with Gasteiger partial charge in [0.25, 0.3) is 0 Å². The number of carbonyl (C=O) groups excluding carboxylic acids is 2. The Kier molecular flexibility index (Phi) is 20.2. The number of hydrogen-bond acceptors (Lipinski definition) is 11. The number of likely N-dealkylation sites (tertiary alicyclic amines) is 1. The van der Waals surface area contributed by atoms with Crippen molar-refractivity contribution in [1.29, 1.82) is 5.26 Å². The molecule has 0 bridgehead atoms. The zero-order valence-electron chi connectivity index (χ0n) is 39.6. The zero-order chi connectivity index (χ0) is 46.8. The predicted molar refractivity (Wildman–Crippen MR) is 248 cm³/mol. The molecular weight excluding hydrogens is 813 g/mol. The molecule has 1 saturated carbocycles. The largest absolute Gasteiger partial charge is 0.493 e. The molecule has 2 fully saturated rings. The molecule has 2 N–H and O–H groups in total. The quantitative estimate of drug-likeness (QED) is 0.0943. The topological polar surface area (TPSA) is 160 Å². The van der Waals surface area contributed by atoms with Crippen molar-refractivity contribution in [2.75, 3.05) is 55.2 Å². The van der Waals surface area contributed by atoms with Crippen molar-refractivity contribution in [3.8, 4) is 29.1 Å². The van der Waals surface area contributed by atoms with Gasteiger partial charge in [-0.05, 0) is 132 Å². The van der Waals surface area contributed by atoms with Crippen LogP contribution in [0, 0.1) is 23.2 Å². The minimum atomic E-state index is -0.944. The Morgan fingerprint density at radius 1 is 0.859 bits per heavy atom. The molecule has 1 amide bonds. The van der Waals surface area contributed by atoms with Crippen molar-refractivity contribution >= 4 is 17.8 Å². The summed E-state index contributed by atoms with van der Waals surface area (Å²) in [4.78, 5) is 41.7. The fourth-order valence-corrected chi connectivity index (χ4v) is 9.29. The lowest BCUT2D eigenvalue weighted by atomic mass is 9.69. The van der Waals surface area contributed by atoms with E-state index in [4.69, 9.17) is 23.7 Å². The van der Waals surface area contributed by atoms with Gasteiger partial charge in [-0.2, -0.15) is 5.26 Å². The number of carboxylic acids is 1. The first kappa shape index (κ1) is 51.3. The molecule has 1 aliphatic carbocycles. The lowest BCUT2D eigenvalue weighted by Crippen LogP contribution is -2.55. The summed E-state index contributed by atoms with van der Waals surface area (Å²) in [5.41, 5.74) is 2.71. The van der Waals surface area contributed by atoms with Gasteiger partial charge in [0.2, 0.25) is 5.91 Å². The maximum atomic E-state index is 13.4. The Hall–Kier alpha value is -5.32. The van der Waals surface area contributed by atoms with Crippen molar-refractivity contribution < 1.29 is 43.2 Å². The first-order valence-corrected chi connectivity index (χ1v) is 22.8. The van der Waals surface area contributed by atoms with Gasteiger partial charge in [0.1, 0.15) is 12.1 Å². The van der Waals surface area contributed by atoms with Gasteiger partial charge in [-0.3, -0.25) is 14.9 Å². The summed E-state index contributed by atoms with van der Waals surface area (Å²) in [6.07, 6.45) is 8.23. The van der Waals surface area contributed by atoms with E-state index in [1.807, 2.05) is 60.7 Å². The first-order chi connectivity index (χ1) is 30.8. The van der Waals surface area contributed by atoms with Crippen molar-refractivity contribution in [3.05, 3.63) is 83.4 Å². The third-order valence-electron chi connectivity index (χ3n) is 13.0. The molecule has 5 rings (SSSR count). The van der Waals surface area contributed by atoms with E-state index in [0.717, 1.165) is 80.7 Å². The SMILES string of the molecule is CCOC(=O)[C@@H](CCc1ccccc1)N[C@H](C)C(=O)N1[C@H](C(=O)O)C[C@H]2CCCC[C@@H]21.COc1ccc(CCN(C)CCCC(C#N)(c2ccc(OC)c(OC)c2)C(C)C)cc1OC. The van der Waals surface area contributed by atoms with E-state index >= 15 is 0 Å². The molecule has 6 atom stereocenters. The number of carbonyl (C=O) groups is 3. The fraction of sp³-hybridized carbons (Fsp3) is 0.569. The summed E-state index contributed by atoms with van der Waals surface area (Å²) in [6.45, 7) is 9.80. The van der Waals surface area contributed by atoms with Crippen molar-refractivity contribution in [2.45, 2.75) is 121 Å². The van der Waals surface area contributed by atoms with Crippen LogP contribution in [0.5, 0.6) is 23.0 Å². The lowest BCUT2D eigenvalue weighted by Gasteiger charge is -2.35. The summed E-state index contributed by atoms with van der Waals surface area (Å²) in [5.74, 6) is 1.67. The second-order valence-electron chi connectivity index (χ2n) is 17.3. The number of carboxylic acid groups (broad SMARTS) is 1. The van der Waals surface area contributed by atoms with E-state index < -0.39 is 29.5 Å². The molecule has 350 valence electrons. The summed E-state index contributed by atoms with van der Waals surface area (Å²) in [5, 5.41) is 23.1. The maximum Gasteiger partial charge on any atom is 0.326 e. The van der Waals surface area contributed by atoms with Crippen LogP contribution in [0.3, 0.4) is 0 Å². The van der Waals surface area contributed by atoms with Crippen LogP contribution >= 0.6 is 0 Å². The number of esters is 1. The Bertz CT molecular complexity index is 1990. The first-order valence-electron chi connectivity index (χ1n) is 22.8. The van der Waals surface area contributed by atoms with Gasteiger partial charge in [-0.15, -0.1) is 0 Å². The van der Waals surface area contributed by atoms with Gasteiger partial charge in [0.15, 0.2) is 23.0 Å². The van der Waals surface area contributed by atoms with Crippen LogP contribution in [0.1, 0.15) is 95.8 Å². The molecule has 64 heavy (non-hydrogen) atoms. The highest BCUT2D eigenvalue weighted by Crippen LogP contribution is 2.42. The molecule has 1 saturated heterocycles. The number of methoxy groups -OCH3 is 4. The summed E-state index contributed by atoms with van der Waals surface area (Å²) in [7, 11) is 8.67. The smallest absolute Gasteiger partial charge is 0.326 e. The maximum absolute atomic E-state index is 13.4. The molecule has 1 aliphatic heterocycles. The number of aliphatic carboxylic acids is 1. The summed E-state index contributed by atoms with van der Waals surface area (Å²) >= 11 is 0. The molecule has 0 spiro atoms. The molecule has 1 heterocycles. The van der Waals surface area contributed by atoms with Crippen LogP contribution in [-0.2, 0) is 37.4 Å². The number of hydrogen-bond donors (Lipinski definition) is 2. The van der Waals surface area contributed by atoms with Gasteiger partial charge in [-0.1, -0.05) is 69.2 Å². The molecule has 3 aromatic carbocycles. The lowest BCUT2D eigenvalue weighted by molar-refractivity contribution is -0.152. The number of ether oxygens (including phenoxy) is 5. The number of amides is 1. The average Bonchev–Trinajstić information content (AvgIpc) is 3.71. The molecule has 3 aromatic rings. The highest BCUT2D eigenvalue weighted by Gasteiger charge is 2.48. The monoisotopic (exact) mass is 885 g/mol. The van der Waals surface area contributed by atoms with Crippen LogP contribution in [0.25, 0.3) is 0 Å². The fourth-order valence-electron chi connectivity index (χ4n) is 9.29. The Morgan fingerprint density at radius 3 is 2.11 bits per heavy atom. The molecule has 0 radical (unpaired) electrons. The van der Waals surface area contributed by atoms with E-state index in [0.29, 0.717) is 30.8 Å². The number of benzene rings is 3. The normalized spacial score (nSPS) is 18.7. The van der Waals surface area contributed by atoms with Gasteiger partial charge >= 0.3 is 11.9 Å². The number of nitrogens with one attached hydrogen (secondary N) is 1. The minimum absolute atomic E-state index is 0.0167. The number of rotatable bonds is 22. The Balaban J connectivity index is 0.000000281. The standard InChI is InChI=1S/C27H38N2O4.C24H34N2O5/c1-20(2)27(19-28,22-10-12-24(31-5)26(18-22)33-7)14-8-15-29(3)16-13-21-9-11-23(30-4)25(17-21)32-6;1-3-31-24(30)19(14-13-17-9-5-4-6-10-17)25-16(2)22(27)26-20-12-8-7-11-18(20)15-21(26)23(28)29/h9-12,17-18,20H,8,13-16H2,1-7H3;4-6,9-10,16,18-21,25H,3,7-8,11-15H2,1-2H3,(H,28,29)/t;16-,18-,19-,20+,21+/m.1/s1. The molecular formula is C51H72N4O9. The van der Waals surface area contributed by atoms with Crippen molar-refractivity contribution in [3.63, 3.8) is 0 Å². The highest BCUT2D eigenvalue weighted by molar-refractivity contribution is 5.88. The van der Waals surface area contributed by atoms with Crippen LogP contribution in [0.4, 0.5) is 0 Å². The third kappa shape index (κ3) is 13.4. The number of aryl methyl sites for hydroxylation is 1. The van der Waals surface area contributed by atoms with Gasteiger partial charge in [0, 0.05) is 12.6 Å². The van der Waals surface area contributed by atoms with Gasteiger partial charge in [0.05, 0.1) is 52.6 Å². The van der Waals surface area contributed by atoms with Crippen LogP contribution < -0.4 is 24.3 Å². The predicted octanol–water partition coefficient (Wildman–Crippen LogP) is 7.87. The van der Waals surface area contributed by atoms with Crippen molar-refractivity contribution in [1.82, 2.24) is 15.1 Å². The number of nitriles is 1. The van der Waals surface area contributed by atoms with Crippen molar-refractivity contribution in [2.24, 2.45) is 11.8 Å². The highest BCUT2D eigenvalue weighted by atomic mass is 16.5. The van der Waals surface area contributed by atoms with Gasteiger partial charge in [-0.25, -0.2) is 4.79 Å². The second kappa shape index (κ2) is 25.2. The van der Waals surface area contributed by atoms with Gasteiger partial charge < -0.3 is 38.6 Å². The van der Waals surface area contributed by atoms with Crippen LogP contribution in [-0.4, -0.2) is 112 Å². The Labute approximate surface area is 381 Å². The molecule has 1 unspecified atom stereocenters. The minimum Gasteiger partial charge on any atom is -0.493 e. The van der Waals surface area contributed by atoms with E-state index in [1.54, 1.807) is 47.2 Å². The van der Waals surface area contributed by atoms with E-state index in [9.17, 15) is 24.8 Å². The zero-order valence-corrected chi connectivity index (χ0v) is 39.6. The van der Waals surface area contributed by atoms with E-state index in [2.05, 4.69) is 43.2 Å². The summed E-state index contributed by atoms with van der Waals surface area (Å²) in [6, 6.07) is 22.3. The average molecular weight is 885 g/mol. The number of fused-ring (bicyclic) bond motifs is 1. The number of likely N-dealkylation sites (N-methyl/N-ethyl adjacent to an activating group) is 1. The molecule has 13 heteroatoms. The Morgan fingerprint density at radius 2 is 1.50 bits per heavy atom.